The van der Waals surface area contributed by atoms with Gasteiger partial charge in [-0.15, -0.1) is 6.42 Å². The molecule has 1 aromatic rings. The largest absolute Gasteiger partial charge is 0.356 e. The van der Waals surface area contributed by atoms with Crippen molar-refractivity contribution in [2.24, 2.45) is 0 Å². The van der Waals surface area contributed by atoms with Crippen LogP contribution in [0.3, 0.4) is 0 Å². The second-order valence-corrected chi connectivity index (χ2v) is 3.90. The van der Waals surface area contributed by atoms with E-state index in [-0.39, 0.29) is 11.9 Å². The predicted octanol–water partition coefficient (Wildman–Crippen LogP) is 1.61. The number of carbonyl (C=O) groups excluding carboxylic acids is 1. The molecule has 0 spiro atoms. The summed E-state index contributed by atoms with van der Waals surface area (Å²) in [5.74, 6) is 3.25. The van der Waals surface area contributed by atoms with Crippen molar-refractivity contribution in [3.63, 3.8) is 0 Å². The lowest BCUT2D eigenvalue weighted by atomic mass is 10.2. The third kappa shape index (κ3) is 3.49. The summed E-state index contributed by atoms with van der Waals surface area (Å²) < 4.78 is 0. The summed E-state index contributed by atoms with van der Waals surface area (Å²) in [6, 6.07) is 3.47. The van der Waals surface area contributed by atoms with Crippen LogP contribution in [0, 0.1) is 12.3 Å². The molecule has 90 valence electrons. The van der Waals surface area contributed by atoms with Gasteiger partial charge in [0.15, 0.2) is 0 Å². The molecular formula is C13H17N3O. The molecule has 0 saturated heterocycles. The summed E-state index contributed by atoms with van der Waals surface area (Å²) in [6.45, 7) is 2.00. The summed E-state index contributed by atoms with van der Waals surface area (Å²) in [5, 5.41) is 3.10. The SMILES string of the molecule is C#CC(CC)Nc1ccc(C(=O)N(C)C)cn1. The maximum absolute atomic E-state index is 11.6. The summed E-state index contributed by atoms with van der Waals surface area (Å²) in [5.41, 5.74) is 0.564. The molecule has 1 atom stereocenters. The van der Waals surface area contributed by atoms with E-state index in [4.69, 9.17) is 6.42 Å². The number of terminal acetylenes is 1. The minimum absolute atomic E-state index is 0.0297. The second-order valence-electron chi connectivity index (χ2n) is 3.90. The van der Waals surface area contributed by atoms with Gasteiger partial charge in [-0.1, -0.05) is 12.8 Å². The molecule has 0 aliphatic carbocycles. The average molecular weight is 231 g/mol. The van der Waals surface area contributed by atoms with Crippen molar-refractivity contribution in [1.29, 1.82) is 0 Å². The lowest BCUT2D eigenvalue weighted by Gasteiger charge is -2.13. The number of amides is 1. The lowest BCUT2D eigenvalue weighted by molar-refractivity contribution is 0.0827. The molecule has 0 aliphatic rings. The summed E-state index contributed by atoms with van der Waals surface area (Å²) in [6.07, 6.45) is 7.73. The van der Waals surface area contributed by atoms with E-state index in [9.17, 15) is 4.79 Å². The highest BCUT2D eigenvalue weighted by molar-refractivity contribution is 5.93. The monoisotopic (exact) mass is 231 g/mol. The molecule has 4 heteroatoms. The van der Waals surface area contributed by atoms with Crippen LogP contribution < -0.4 is 5.32 Å². The standard InChI is InChI=1S/C13H17N3O/c1-5-11(6-2)15-12-8-7-10(9-14-12)13(17)16(3)4/h1,7-9,11H,6H2,2-4H3,(H,14,15). The third-order valence-electron chi connectivity index (χ3n) is 2.35. The Morgan fingerprint density at radius 3 is 2.71 bits per heavy atom. The zero-order chi connectivity index (χ0) is 12.8. The molecule has 0 radical (unpaired) electrons. The van der Waals surface area contributed by atoms with E-state index in [0.717, 1.165) is 6.42 Å². The average Bonchev–Trinajstić information content (AvgIpc) is 2.35. The molecule has 17 heavy (non-hydrogen) atoms. The Bertz CT molecular complexity index is 417. The molecule has 1 rings (SSSR count). The van der Waals surface area contributed by atoms with Crippen LogP contribution in [-0.4, -0.2) is 35.9 Å². The summed E-state index contributed by atoms with van der Waals surface area (Å²) >= 11 is 0. The highest BCUT2D eigenvalue weighted by Gasteiger charge is 2.08. The molecule has 0 fully saturated rings. The fourth-order valence-corrected chi connectivity index (χ4v) is 1.30. The number of rotatable bonds is 4. The Morgan fingerprint density at radius 1 is 1.59 bits per heavy atom. The highest BCUT2D eigenvalue weighted by Crippen LogP contribution is 2.08. The van der Waals surface area contributed by atoms with Crippen molar-refractivity contribution in [3.8, 4) is 12.3 Å². The van der Waals surface area contributed by atoms with Crippen LogP contribution in [0.2, 0.25) is 0 Å². The maximum Gasteiger partial charge on any atom is 0.254 e. The second kappa shape index (κ2) is 5.90. The van der Waals surface area contributed by atoms with Gasteiger partial charge in [0, 0.05) is 20.3 Å². The minimum Gasteiger partial charge on any atom is -0.356 e. The molecule has 4 nitrogen and oxygen atoms in total. The van der Waals surface area contributed by atoms with E-state index in [0.29, 0.717) is 11.4 Å². The number of anilines is 1. The zero-order valence-corrected chi connectivity index (χ0v) is 10.4. The topological polar surface area (TPSA) is 45.2 Å². The molecule has 0 saturated carbocycles. The van der Waals surface area contributed by atoms with Gasteiger partial charge < -0.3 is 10.2 Å². The molecule has 0 bridgehead atoms. The maximum atomic E-state index is 11.6. The quantitative estimate of drug-likeness (QED) is 0.801. The van der Waals surface area contributed by atoms with Crippen LogP contribution in [0.25, 0.3) is 0 Å². The molecule has 1 amide bonds. The van der Waals surface area contributed by atoms with E-state index >= 15 is 0 Å². The van der Waals surface area contributed by atoms with E-state index in [2.05, 4.69) is 16.2 Å². The van der Waals surface area contributed by atoms with Gasteiger partial charge in [-0.2, -0.15) is 0 Å². The number of aromatic nitrogens is 1. The van der Waals surface area contributed by atoms with E-state index in [1.54, 1.807) is 32.4 Å². The Labute approximate surface area is 102 Å². The van der Waals surface area contributed by atoms with Gasteiger partial charge in [-0.25, -0.2) is 4.98 Å². The Balaban J connectivity index is 2.75. The first kappa shape index (κ1) is 13.0. The van der Waals surface area contributed by atoms with Gasteiger partial charge >= 0.3 is 0 Å². The van der Waals surface area contributed by atoms with E-state index in [1.807, 2.05) is 6.92 Å². The van der Waals surface area contributed by atoms with E-state index in [1.165, 1.54) is 4.90 Å². The van der Waals surface area contributed by atoms with Crippen LogP contribution in [0.4, 0.5) is 5.82 Å². The van der Waals surface area contributed by atoms with Crippen molar-refractivity contribution in [3.05, 3.63) is 23.9 Å². The number of hydrogen-bond donors (Lipinski definition) is 1. The molecular weight excluding hydrogens is 214 g/mol. The Hall–Kier alpha value is -2.02. The fraction of sp³-hybridized carbons (Fsp3) is 0.385. The van der Waals surface area contributed by atoms with Crippen LogP contribution in [0.5, 0.6) is 0 Å². The van der Waals surface area contributed by atoms with Crippen LogP contribution in [-0.2, 0) is 0 Å². The first-order valence-electron chi connectivity index (χ1n) is 5.48. The molecule has 1 N–H and O–H groups in total. The first-order valence-corrected chi connectivity index (χ1v) is 5.48. The van der Waals surface area contributed by atoms with Gasteiger partial charge in [0.05, 0.1) is 11.6 Å². The van der Waals surface area contributed by atoms with Crippen LogP contribution >= 0.6 is 0 Å². The van der Waals surface area contributed by atoms with Gasteiger partial charge in [0.1, 0.15) is 5.82 Å². The molecule has 1 aromatic heterocycles. The van der Waals surface area contributed by atoms with Crippen molar-refractivity contribution in [2.75, 3.05) is 19.4 Å². The normalized spacial score (nSPS) is 11.4. The minimum atomic E-state index is -0.0620. The van der Waals surface area contributed by atoms with Crippen molar-refractivity contribution in [2.45, 2.75) is 19.4 Å². The van der Waals surface area contributed by atoms with Gasteiger partial charge in [-0.3, -0.25) is 4.79 Å². The van der Waals surface area contributed by atoms with E-state index < -0.39 is 0 Å². The number of nitrogens with one attached hydrogen (secondary N) is 1. The molecule has 1 heterocycles. The van der Waals surface area contributed by atoms with Gasteiger partial charge in [0.25, 0.3) is 5.91 Å². The zero-order valence-electron chi connectivity index (χ0n) is 10.4. The summed E-state index contributed by atoms with van der Waals surface area (Å²) in [4.78, 5) is 17.3. The Kier molecular flexibility index (Phi) is 4.53. The predicted molar refractivity (Wildman–Crippen MR) is 68.8 cm³/mol. The third-order valence-corrected chi connectivity index (χ3v) is 2.35. The number of pyridine rings is 1. The molecule has 0 aliphatic heterocycles. The summed E-state index contributed by atoms with van der Waals surface area (Å²) in [7, 11) is 3.42. The smallest absolute Gasteiger partial charge is 0.254 e. The Morgan fingerprint density at radius 2 is 2.29 bits per heavy atom. The molecule has 1 unspecified atom stereocenters. The highest BCUT2D eigenvalue weighted by atomic mass is 16.2. The van der Waals surface area contributed by atoms with Crippen molar-refractivity contribution in [1.82, 2.24) is 9.88 Å². The number of carbonyl (C=O) groups is 1. The first-order chi connectivity index (χ1) is 8.08. The molecule has 0 aromatic carbocycles. The van der Waals surface area contributed by atoms with Gasteiger partial charge in [-0.05, 0) is 18.6 Å². The lowest BCUT2D eigenvalue weighted by Crippen LogP contribution is -2.22. The fourth-order valence-electron chi connectivity index (χ4n) is 1.30. The van der Waals surface area contributed by atoms with Crippen LogP contribution in [0.15, 0.2) is 18.3 Å². The van der Waals surface area contributed by atoms with Crippen molar-refractivity contribution < 1.29 is 4.79 Å². The van der Waals surface area contributed by atoms with Crippen molar-refractivity contribution >= 4 is 11.7 Å². The number of nitrogens with zero attached hydrogens (tertiary/aromatic N) is 2. The van der Waals surface area contributed by atoms with Gasteiger partial charge in [0.2, 0.25) is 0 Å². The number of hydrogen-bond acceptors (Lipinski definition) is 3. The van der Waals surface area contributed by atoms with Crippen LogP contribution in [0.1, 0.15) is 23.7 Å².